The first-order chi connectivity index (χ1) is 20.7. The molecule has 8 nitrogen and oxygen atoms in total. The predicted molar refractivity (Wildman–Crippen MR) is 162 cm³/mol. The van der Waals surface area contributed by atoms with Crippen LogP contribution < -0.4 is 8.92 Å². The molecular formula is C30H27F4N5O3S2. The molecule has 0 radical (unpaired) electrons. The Morgan fingerprint density at radius 1 is 1.05 bits per heavy atom. The zero-order valence-corrected chi connectivity index (χ0v) is 25.4. The van der Waals surface area contributed by atoms with Crippen molar-refractivity contribution in [2.24, 2.45) is 5.41 Å². The van der Waals surface area contributed by atoms with Crippen LogP contribution in [0.3, 0.4) is 0 Å². The molecule has 2 aliphatic rings. The maximum atomic E-state index is 14.4. The van der Waals surface area contributed by atoms with E-state index in [0.717, 1.165) is 41.2 Å². The van der Waals surface area contributed by atoms with E-state index in [1.807, 2.05) is 11.1 Å². The van der Waals surface area contributed by atoms with Gasteiger partial charge in [0.15, 0.2) is 35.5 Å². The summed E-state index contributed by atoms with van der Waals surface area (Å²) in [6.45, 7) is 0.724. The molecule has 0 N–H and O–H groups in total. The van der Waals surface area contributed by atoms with Crippen LogP contribution >= 0.6 is 25.7 Å². The Balaban J connectivity index is 0.00000384. The Morgan fingerprint density at radius 3 is 2.48 bits per heavy atom. The molecule has 1 saturated heterocycles. The monoisotopic (exact) mass is 645 g/mol. The molecule has 0 amide bonds. The van der Waals surface area contributed by atoms with E-state index in [9.17, 15) is 22.4 Å². The first-order valence-electron chi connectivity index (χ1n) is 13.2. The molecule has 1 aliphatic carbocycles. The molecular weight excluding hydrogens is 618 g/mol. The van der Waals surface area contributed by atoms with Gasteiger partial charge in [0, 0.05) is 44.5 Å². The van der Waals surface area contributed by atoms with E-state index < -0.39 is 22.9 Å². The van der Waals surface area contributed by atoms with Crippen LogP contribution in [-0.2, 0) is 6.42 Å². The van der Waals surface area contributed by atoms with Gasteiger partial charge in [-0.1, -0.05) is 5.57 Å². The molecule has 1 fully saturated rings. The molecule has 1 atom stereocenters. The molecule has 3 heterocycles. The van der Waals surface area contributed by atoms with Gasteiger partial charge in [-0.15, -0.1) is 0 Å². The molecule has 1 unspecified atom stereocenters. The number of ether oxygens (including phenoxy) is 1. The average molecular weight is 646 g/mol. The lowest BCUT2D eigenvalue weighted by Crippen LogP contribution is -2.54. The normalized spacial score (nSPS) is 17.8. The number of carbonyl (C=O) groups excluding carboxylic acids is 1. The second-order valence-electron chi connectivity index (χ2n) is 10.2. The Hall–Kier alpha value is -3.85. The molecule has 230 valence electrons. The van der Waals surface area contributed by atoms with Crippen molar-refractivity contribution in [2.45, 2.75) is 12.8 Å². The summed E-state index contributed by atoms with van der Waals surface area (Å²) in [6, 6.07) is 10.8. The lowest BCUT2D eigenvalue weighted by Gasteiger charge is -2.47. The molecule has 4 aromatic rings. The number of nitrogens with zero attached hydrogens (tertiary/aromatic N) is 5. The summed E-state index contributed by atoms with van der Waals surface area (Å²) in [5.41, 5.74) is 2.41. The van der Waals surface area contributed by atoms with Crippen LogP contribution in [0, 0.1) is 28.7 Å². The van der Waals surface area contributed by atoms with Gasteiger partial charge in [-0.05, 0) is 54.8 Å². The maximum absolute atomic E-state index is 14.4. The van der Waals surface area contributed by atoms with Gasteiger partial charge < -0.3 is 8.92 Å². The van der Waals surface area contributed by atoms with Crippen molar-refractivity contribution in [3.05, 3.63) is 107 Å². The third kappa shape index (κ3) is 5.82. The largest absolute Gasteiger partial charge is 0.497 e. The molecule has 2 aromatic heterocycles. The van der Waals surface area contributed by atoms with Gasteiger partial charge in [-0.2, -0.15) is 23.0 Å². The number of hydrogen-bond donors (Lipinski definition) is 0. The van der Waals surface area contributed by atoms with Crippen molar-refractivity contribution in [1.82, 2.24) is 24.2 Å². The molecule has 6 rings (SSSR count). The Morgan fingerprint density at radius 2 is 1.77 bits per heavy atom. The van der Waals surface area contributed by atoms with Crippen molar-refractivity contribution >= 4 is 37.6 Å². The Labute approximate surface area is 262 Å². The minimum atomic E-state index is -1.58. The van der Waals surface area contributed by atoms with Gasteiger partial charge in [0.05, 0.1) is 30.1 Å². The zero-order chi connectivity index (χ0) is 30.3. The number of benzene rings is 2. The highest BCUT2D eigenvalue weighted by molar-refractivity contribution is 7.92. The summed E-state index contributed by atoms with van der Waals surface area (Å²) in [6.07, 6.45) is 6.01. The molecule has 0 saturated carbocycles. The highest BCUT2D eigenvalue weighted by Gasteiger charge is 2.50. The van der Waals surface area contributed by atoms with Gasteiger partial charge >= 0.3 is 0 Å². The van der Waals surface area contributed by atoms with Gasteiger partial charge in [0.2, 0.25) is 0 Å². The highest BCUT2D eigenvalue weighted by Crippen LogP contribution is 2.47. The summed E-state index contributed by atoms with van der Waals surface area (Å²) in [5, 5.41) is 6.44. The predicted octanol–water partition coefficient (Wildman–Crippen LogP) is 5.95. The number of methoxy groups -OCH3 is 1. The summed E-state index contributed by atoms with van der Waals surface area (Å²) >= 11 is 0.789. The molecule has 0 spiro atoms. The number of Topliss-reactive ketones (excluding diaryl/α,β-unsaturated/α-hetero) is 1. The van der Waals surface area contributed by atoms with Gasteiger partial charge in [-0.25, -0.2) is 27.3 Å². The number of piperidine rings is 1. The number of fused-ring (bicyclic) bond motifs is 2. The zero-order valence-electron chi connectivity index (χ0n) is 23.6. The van der Waals surface area contributed by atoms with Crippen molar-refractivity contribution in [3.8, 4) is 17.2 Å². The fraction of sp³-hybridized carbons (Fsp3) is 0.233. The van der Waals surface area contributed by atoms with E-state index in [4.69, 9.17) is 8.92 Å². The summed E-state index contributed by atoms with van der Waals surface area (Å²) < 4.78 is 68.5. The third-order valence-electron chi connectivity index (χ3n) is 7.70. The van der Waals surface area contributed by atoms with Gasteiger partial charge in [-0.3, -0.25) is 9.78 Å². The Kier molecular flexibility index (Phi) is 9.07. The number of ketones is 1. The van der Waals surface area contributed by atoms with Crippen LogP contribution in [0.4, 0.5) is 17.6 Å². The van der Waals surface area contributed by atoms with Crippen LogP contribution in [0.1, 0.15) is 28.2 Å². The topological polar surface area (TPSA) is 72.7 Å². The van der Waals surface area contributed by atoms with Crippen LogP contribution in [0.5, 0.6) is 11.5 Å². The van der Waals surface area contributed by atoms with Gasteiger partial charge in [0.1, 0.15) is 23.0 Å². The number of halogens is 4. The first-order valence-corrected chi connectivity index (χ1v) is 13.9. The molecule has 14 heteroatoms. The van der Waals surface area contributed by atoms with Crippen molar-refractivity contribution in [2.75, 3.05) is 27.2 Å². The average Bonchev–Trinajstić information content (AvgIpc) is 3.43. The van der Waals surface area contributed by atoms with E-state index in [-0.39, 0.29) is 43.1 Å². The molecule has 0 bridgehead atoms. The molecule has 44 heavy (non-hydrogen) atoms. The highest BCUT2D eigenvalue weighted by atomic mass is 32.2. The summed E-state index contributed by atoms with van der Waals surface area (Å²) in [4.78, 5) is 18.7. The fourth-order valence-electron chi connectivity index (χ4n) is 5.49. The smallest absolute Gasteiger partial charge is 0.194 e. The van der Waals surface area contributed by atoms with Crippen molar-refractivity contribution < 1.29 is 31.3 Å². The van der Waals surface area contributed by atoms with Crippen molar-refractivity contribution in [3.63, 3.8) is 0 Å². The maximum Gasteiger partial charge on any atom is 0.194 e. The van der Waals surface area contributed by atoms with Crippen LogP contribution in [0.2, 0.25) is 0 Å². The quantitative estimate of drug-likeness (QED) is 0.0766. The van der Waals surface area contributed by atoms with Crippen LogP contribution in [-0.4, -0.2) is 57.2 Å². The van der Waals surface area contributed by atoms with E-state index >= 15 is 0 Å². The SMILES string of the molecule is COc1ccnc(C(=O)C23Cc4cnn(-c5ccc(F)cc5)c4C=C2CCN(N(C)SOc2cc(F)c(F)c(F)c2)C3)c1.S. The van der Waals surface area contributed by atoms with E-state index in [2.05, 4.69) is 10.1 Å². The Bertz CT molecular complexity index is 1710. The van der Waals surface area contributed by atoms with Crippen LogP contribution in [0.15, 0.2) is 66.5 Å². The van der Waals surface area contributed by atoms with Gasteiger partial charge in [0.25, 0.3) is 0 Å². The molecule has 1 aliphatic heterocycles. The first kappa shape index (κ1) is 31.6. The second kappa shape index (κ2) is 12.6. The lowest BCUT2D eigenvalue weighted by molar-refractivity contribution is 0.0226. The summed E-state index contributed by atoms with van der Waals surface area (Å²) in [7, 11) is 3.20. The number of aromatic nitrogens is 3. The fourth-order valence-corrected chi connectivity index (χ4v) is 6.01. The number of rotatable bonds is 8. The minimum Gasteiger partial charge on any atom is -0.497 e. The second-order valence-corrected chi connectivity index (χ2v) is 11.1. The van der Waals surface area contributed by atoms with E-state index in [1.54, 1.807) is 46.6 Å². The number of hydrogen-bond acceptors (Lipinski definition) is 8. The van der Waals surface area contributed by atoms with Crippen molar-refractivity contribution in [1.29, 1.82) is 0 Å². The molecule has 2 aromatic carbocycles. The van der Waals surface area contributed by atoms with E-state index in [1.165, 1.54) is 25.4 Å². The number of hydrazine groups is 1. The standard InChI is InChI=1S/C30H25F4N5O3S.H2S/c1-37(43-42-23-12-24(32)28(34)25(33)13-23)38-10-8-19-11-27-18(16-36-39(27)21-5-3-20(31)4-6-21)15-30(19,17-38)29(40)26-14-22(41-2)7-9-35-26;/h3-7,9,11-14,16H,8,10,15,17H2,1-2H3;1H2. The minimum absolute atomic E-state index is 0. The lowest BCUT2D eigenvalue weighted by atomic mass is 9.65. The third-order valence-corrected chi connectivity index (χ3v) is 8.41. The number of carbonyl (C=O) groups is 1. The number of pyridine rings is 1. The van der Waals surface area contributed by atoms with E-state index in [0.29, 0.717) is 30.8 Å². The van der Waals surface area contributed by atoms with Crippen LogP contribution in [0.25, 0.3) is 11.8 Å². The summed E-state index contributed by atoms with van der Waals surface area (Å²) in [5.74, 6) is -4.56.